The molecule has 0 saturated carbocycles. The molecule has 1 N–H and O–H groups in total. The first-order chi connectivity index (χ1) is 9.46. The van der Waals surface area contributed by atoms with Crippen molar-refractivity contribution >= 4 is 29.1 Å². The van der Waals surface area contributed by atoms with Crippen LogP contribution in [0.25, 0.3) is 5.70 Å². The number of hydrazine groups is 1. The van der Waals surface area contributed by atoms with Crippen LogP contribution in [0.1, 0.15) is 32.3 Å². The SMILES string of the molecule is C=C(c1ccc(Cl)cc1)N1NC(=O)C(CC)(CC)C1=O. The van der Waals surface area contributed by atoms with Crippen molar-refractivity contribution in [3.8, 4) is 0 Å². The van der Waals surface area contributed by atoms with E-state index < -0.39 is 5.41 Å². The third-order valence-corrected chi connectivity index (χ3v) is 4.17. The van der Waals surface area contributed by atoms with Crippen LogP contribution in [0.15, 0.2) is 30.8 Å². The number of nitrogens with zero attached hydrogens (tertiary/aromatic N) is 1. The van der Waals surface area contributed by atoms with Gasteiger partial charge in [0, 0.05) is 5.02 Å². The Bertz CT molecular complexity index is 562. The Balaban J connectivity index is 2.31. The molecule has 2 amide bonds. The number of carbonyl (C=O) groups excluding carboxylic acids is 2. The number of halogens is 1. The predicted octanol–water partition coefficient (Wildman–Crippen LogP) is 2.99. The molecule has 106 valence electrons. The quantitative estimate of drug-likeness (QED) is 0.867. The second-order valence-electron chi connectivity index (χ2n) is 4.82. The molecule has 2 rings (SSSR count). The Hall–Kier alpha value is -1.81. The molecule has 0 atom stereocenters. The standard InChI is InChI=1S/C15H17ClN2O2/c1-4-15(5-2)13(19)17-18(14(15)20)10(3)11-6-8-12(16)9-7-11/h6-9H,3-5H2,1-2H3,(H,17,19). The maximum absolute atomic E-state index is 12.5. The molecule has 4 nitrogen and oxygen atoms in total. The molecule has 0 bridgehead atoms. The van der Waals surface area contributed by atoms with Gasteiger partial charge in [-0.3, -0.25) is 15.0 Å². The highest BCUT2D eigenvalue weighted by Gasteiger charge is 2.52. The van der Waals surface area contributed by atoms with Crippen molar-refractivity contribution in [3.05, 3.63) is 41.4 Å². The van der Waals surface area contributed by atoms with E-state index >= 15 is 0 Å². The molecule has 0 aliphatic carbocycles. The second-order valence-corrected chi connectivity index (χ2v) is 5.26. The van der Waals surface area contributed by atoms with Gasteiger partial charge in [0.2, 0.25) is 0 Å². The van der Waals surface area contributed by atoms with Gasteiger partial charge in [0.25, 0.3) is 11.8 Å². The lowest BCUT2D eigenvalue weighted by Gasteiger charge is -2.22. The average molecular weight is 293 g/mol. The summed E-state index contributed by atoms with van der Waals surface area (Å²) in [6.45, 7) is 7.59. The van der Waals surface area contributed by atoms with E-state index in [-0.39, 0.29) is 11.8 Å². The Morgan fingerprint density at radius 3 is 2.25 bits per heavy atom. The van der Waals surface area contributed by atoms with E-state index in [1.54, 1.807) is 24.3 Å². The summed E-state index contributed by atoms with van der Waals surface area (Å²) in [6, 6.07) is 6.97. The predicted molar refractivity (Wildman–Crippen MR) is 78.5 cm³/mol. The third-order valence-electron chi connectivity index (χ3n) is 3.91. The van der Waals surface area contributed by atoms with E-state index in [9.17, 15) is 9.59 Å². The molecule has 0 radical (unpaired) electrons. The van der Waals surface area contributed by atoms with Crippen LogP contribution >= 0.6 is 11.6 Å². The van der Waals surface area contributed by atoms with Crippen LogP contribution in [-0.2, 0) is 9.59 Å². The number of nitrogens with one attached hydrogen (secondary N) is 1. The van der Waals surface area contributed by atoms with E-state index in [0.717, 1.165) is 5.56 Å². The fourth-order valence-electron chi connectivity index (χ4n) is 2.41. The highest BCUT2D eigenvalue weighted by atomic mass is 35.5. The first-order valence-electron chi connectivity index (χ1n) is 6.56. The molecule has 1 aliphatic rings. The van der Waals surface area contributed by atoms with Gasteiger partial charge in [-0.25, -0.2) is 5.01 Å². The van der Waals surface area contributed by atoms with Crippen molar-refractivity contribution in [1.82, 2.24) is 10.4 Å². The monoisotopic (exact) mass is 292 g/mol. The number of hydrogen-bond donors (Lipinski definition) is 1. The molecule has 1 aromatic carbocycles. The van der Waals surface area contributed by atoms with Crippen molar-refractivity contribution in [1.29, 1.82) is 0 Å². The lowest BCUT2D eigenvalue weighted by atomic mass is 9.81. The van der Waals surface area contributed by atoms with Gasteiger partial charge in [0.15, 0.2) is 0 Å². The zero-order valence-electron chi connectivity index (χ0n) is 11.6. The highest BCUT2D eigenvalue weighted by Crippen LogP contribution is 2.36. The highest BCUT2D eigenvalue weighted by molar-refractivity contribution is 6.30. The van der Waals surface area contributed by atoms with Crippen molar-refractivity contribution in [2.75, 3.05) is 0 Å². The molecule has 1 fully saturated rings. The van der Waals surface area contributed by atoms with E-state index in [4.69, 9.17) is 11.6 Å². The van der Waals surface area contributed by atoms with E-state index in [0.29, 0.717) is 23.6 Å². The second kappa shape index (κ2) is 5.29. The Morgan fingerprint density at radius 1 is 1.25 bits per heavy atom. The lowest BCUT2D eigenvalue weighted by Crippen LogP contribution is -2.35. The molecule has 1 heterocycles. The fourth-order valence-corrected chi connectivity index (χ4v) is 2.53. The summed E-state index contributed by atoms with van der Waals surface area (Å²) in [5.41, 5.74) is 2.83. The van der Waals surface area contributed by atoms with Gasteiger partial charge >= 0.3 is 0 Å². The van der Waals surface area contributed by atoms with Crippen molar-refractivity contribution in [3.63, 3.8) is 0 Å². The van der Waals surface area contributed by atoms with Crippen molar-refractivity contribution in [2.24, 2.45) is 5.41 Å². The number of carbonyl (C=O) groups is 2. The molecule has 0 unspecified atom stereocenters. The molecule has 5 heteroatoms. The summed E-state index contributed by atoms with van der Waals surface area (Å²) in [7, 11) is 0. The molecular weight excluding hydrogens is 276 g/mol. The largest absolute Gasteiger partial charge is 0.272 e. The smallest absolute Gasteiger partial charge is 0.261 e. The number of rotatable bonds is 4. The molecule has 1 aliphatic heterocycles. The molecule has 0 spiro atoms. The summed E-state index contributed by atoms with van der Waals surface area (Å²) in [6.07, 6.45) is 0.942. The summed E-state index contributed by atoms with van der Waals surface area (Å²) in [5.74, 6) is -0.505. The fraction of sp³-hybridized carbons (Fsp3) is 0.333. The Labute approximate surface area is 123 Å². The first kappa shape index (κ1) is 14.6. The molecule has 20 heavy (non-hydrogen) atoms. The minimum atomic E-state index is -0.977. The Morgan fingerprint density at radius 2 is 1.80 bits per heavy atom. The molecule has 1 saturated heterocycles. The minimum Gasteiger partial charge on any atom is -0.272 e. The van der Waals surface area contributed by atoms with Crippen molar-refractivity contribution < 1.29 is 9.59 Å². The summed E-state index contributed by atoms with van der Waals surface area (Å²) in [4.78, 5) is 24.7. The zero-order chi connectivity index (χ0) is 14.9. The Kier molecular flexibility index (Phi) is 3.86. The molecule has 1 aromatic rings. The number of hydrogen-bond acceptors (Lipinski definition) is 2. The average Bonchev–Trinajstić information content (AvgIpc) is 2.71. The lowest BCUT2D eigenvalue weighted by molar-refractivity contribution is -0.138. The van der Waals surface area contributed by atoms with Crippen LogP contribution in [0, 0.1) is 5.41 Å². The maximum Gasteiger partial charge on any atom is 0.261 e. The van der Waals surface area contributed by atoms with Gasteiger partial charge in [0.05, 0.1) is 5.70 Å². The van der Waals surface area contributed by atoms with Crippen LogP contribution in [0.3, 0.4) is 0 Å². The van der Waals surface area contributed by atoms with E-state index in [1.807, 2.05) is 13.8 Å². The van der Waals surface area contributed by atoms with Crippen LogP contribution in [0.2, 0.25) is 5.02 Å². The van der Waals surface area contributed by atoms with Crippen LogP contribution in [-0.4, -0.2) is 16.8 Å². The van der Waals surface area contributed by atoms with Gasteiger partial charge in [-0.2, -0.15) is 0 Å². The van der Waals surface area contributed by atoms with Gasteiger partial charge in [-0.1, -0.05) is 44.2 Å². The number of amides is 2. The normalized spacial score (nSPS) is 17.2. The molecular formula is C15H17ClN2O2. The van der Waals surface area contributed by atoms with E-state index in [2.05, 4.69) is 12.0 Å². The van der Waals surface area contributed by atoms with Gasteiger partial charge in [0.1, 0.15) is 5.41 Å². The summed E-state index contributed by atoms with van der Waals surface area (Å²) in [5, 5.41) is 1.85. The van der Waals surface area contributed by atoms with Gasteiger partial charge < -0.3 is 0 Å². The maximum atomic E-state index is 12.5. The van der Waals surface area contributed by atoms with E-state index in [1.165, 1.54) is 5.01 Å². The number of benzene rings is 1. The summed E-state index contributed by atoms with van der Waals surface area (Å²) >= 11 is 5.84. The zero-order valence-corrected chi connectivity index (χ0v) is 12.3. The summed E-state index contributed by atoms with van der Waals surface area (Å²) < 4.78 is 0. The molecule has 0 aromatic heterocycles. The van der Waals surface area contributed by atoms with Crippen LogP contribution < -0.4 is 5.43 Å². The van der Waals surface area contributed by atoms with Gasteiger partial charge in [-0.05, 0) is 30.5 Å². The van der Waals surface area contributed by atoms with Crippen molar-refractivity contribution in [2.45, 2.75) is 26.7 Å². The van der Waals surface area contributed by atoms with Crippen LogP contribution in [0.4, 0.5) is 0 Å². The van der Waals surface area contributed by atoms with Crippen LogP contribution in [0.5, 0.6) is 0 Å². The first-order valence-corrected chi connectivity index (χ1v) is 6.94. The minimum absolute atomic E-state index is 0.243. The third kappa shape index (κ3) is 2.10. The van der Waals surface area contributed by atoms with Gasteiger partial charge in [-0.15, -0.1) is 0 Å². The topological polar surface area (TPSA) is 49.4 Å².